The van der Waals surface area contributed by atoms with Gasteiger partial charge in [0.15, 0.2) is 11.9 Å². The third kappa shape index (κ3) is 17.2. The molecule has 0 amide bonds. The van der Waals surface area contributed by atoms with Gasteiger partial charge in [0.2, 0.25) is 20.0 Å². The second-order valence-electron chi connectivity index (χ2n) is 15.9. The van der Waals surface area contributed by atoms with Crippen molar-refractivity contribution in [2.24, 2.45) is 10.8 Å². The van der Waals surface area contributed by atoms with Crippen LogP contribution < -0.4 is 0 Å². The molecule has 0 heterocycles. The van der Waals surface area contributed by atoms with Gasteiger partial charge in [0.1, 0.15) is 0 Å². The normalized spacial score (nSPS) is 11.9. The van der Waals surface area contributed by atoms with Gasteiger partial charge < -0.3 is 0 Å². The molecule has 0 aromatic heterocycles. The van der Waals surface area contributed by atoms with E-state index >= 15 is 0 Å². The molecule has 0 fully saturated rings. The van der Waals surface area contributed by atoms with E-state index in [0.29, 0.717) is 30.5 Å². The Morgan fingerprint density at radius 2 is 0.931 bits per heavy atom. The minimum absolute atomic E-state index is 0.00152. The Balaban J connectivity index is 0.000000373. The lowest BCUT2D eigenvalue weighted by molar-refractivity contribution is -0.445. The van der Waals surface area contributed by atoms with Gasteiger partial charge in [0.05, 0.1) is 20.8 Å². The fourth-order valence-electron chi connectivity index (χ4n) is 5.57. The van der Waals surface area contributed by atoms with Crippen molar-refractivity contribution >= 4 is 31.4 Å². The molecule has 0 aliphatic heterocycles. The molecule has 0 spiro atoms. The van der Waals surface area contributed by atoms with Crippen LogP contribution in [0.2, 0.25) is 0 Å². The predicted octanol–water partition coefficient (Wildman–Crippen LogP) is 9.12. The lowest BCUT2D eigenvalue weighted by Gasteiger charge is -2.25. The van der Waals surface area contributed by atoms with Crippen molar-refractivity contribution in [1.82, 2.24) is 8.61 Å². The largest absolute Gasteiger partial charge is 0.296 e. The third-order valence-corrected chi connectivity index (χ3v) is 12.2. The van der Waals surface area contributed by atoms with E-state index in [4.69, 9.17) is 10.1 Å². The Morgan fingerprint density at radius 1 is 0.552 bits per heavy atom. The van der Waals surface area contributed by atoms with Crippen molar-refractivity contribution < 1.29 is 31.6 Å². The summed E-state index contributed by atoms with van der Waals surface area (Å²) in [6.07, 6.45) is 3.16. The zero-order chi connectivity index (χ0) is 43.7. The molecule has 17 heteroatoms. The molecule has 4 aromatic rings. The zero-order valence-electron chi connectivity index (χ0n) is 34.2. The van der Waals surface area contributed by atoms with Crippen LogP contribution in [0.4, 0.5) is 11.4 Å². The van der Waals surface area contributed by atoms with Crippen LogP contribution >= 0.6 is 0 Å². The van der Waals surface area contributed by atoms with Gasteiger partial charge in [-0.2, -0.15) is 8.61 Å². The molecule has 0 radical (unpaired) electrons. The molecule has 0 aliphatic carbocycles. The summed E-state index contributed by atoms with van der Waals surface area (Å²) in [5, 5.41) is 31.2. The first-order chi connectivity index (χ1) is 26.9. The highest BCUT2D eigenvalue weighted by atomic mass is 32.2. The monoisotopic (exact) mass is 841 g/mol. The molecule has 0 aliphatic rings. The van der Waals surface area contributed by atoms with Crippen LogP contribution in [0.25, 0.3) is 0 Å². The molecule has 0 atom stereocenters. The Morgan fingerprint density at radius 3 is 1.29 bits per heavy atom. The maximum absolute atomic E-state index is 13.4. The van der Waals surface area contributed by atoms with Gasteiger partial charge in [-0.25, -0.2) is 16.8 Å². The fraction of sp³-hybridized carbons (Fsp3) is 0.415. The molecule has 4 rings (SSSR count). The Hall–Kier alpha value is -5.10. The minimum Gasteiger partial charge on any atom is -0.265 e. The summed E-state index contributed by atoms with van der Waals surface area (Å²) in [6.45, 7) is 13.8. The number of nitrogens with zero attached hydrogens (tertiary/aromatic N) is 5. The van der Waals surface area contributed by atoms with Crippen LogP contribution in [0, 0.1) is 41.2 Å². The third-order valence-electron chi connectivity index (χ3n) is 8.42. The number of nitro groups is 3. The number of benzene rings is 4. The fourth-order valence-corrected chi connectivity index (χ4v) is 8.67. The van der Waals surface area contributed by atoms with Crippen molar-refractivity contribution in [3.63, 3.8) is 0 Å². The molecule has 58 heavy (non-hydrogen) atoms. The summed E-state index contributed by atoms with van der Waals surface area (Å²) in [6, 6.07) is 30.0. The molecule has 0 N–H and O–H groups in total. The highest BCUT2D eigenvalue weighted by molar-refractivity contribution is 7.89. The van der Waals surface area contributed by atoms with E-state index in [9.17, 15) is 37.1 Å². The van der Waals surface area contributed by atoms with Gasteiger partial charge in [-0.3, -0.25) is 30.3 Å². The Labute approximate surface area is 342 Å². The first-order valence-electron chi connectivity index (χ1n) is 18.6. The van der Waals surface area contributed by atoms with Crippen LogP contribution in [0.15, 0.2) is 119 Å². The maximum Gasteiger partial charge on any atom is 0.296 e. The van der Waals surface area contributed by atoms with Gasteiger partial charge in [-0.1, -0.05) is 120 Å². The van der Waals surface area contributed by atoms with Gasteiger partial charge in [-0.05, 0) is 65.8 Å². The quantitative estimate of drug-likeness (QED) is 0.0773. The molecule has 0 bridgehead atoms. The van der Waals surface area contributed by atoms with Crippen LogP contribution in [0.3, 0.4) is 0 Å². The second-order valence-corrected chi connectivity index (χ2v) is 19.7. The van der Waals surface area contributed by atoms with Crippen LogP contribution in [0.1, 0.15) is 78.4 Å². The van der Waals surface area contributed by atoms with Gasteiger partial charge in [0.25, 0.3) is 11.4 Å². The summed E-state index contributed by atoms with van der Waals surface area (Å²) >= 11 is 0. The topological polar surface area (TPSA) is 204 Å². The summed E-state index contributed by atoms with van der Waals surface area (Å²) in [7, 11) is -6.86. The first kappa shape index (κ1) is 49.0. The van der Waals surface area contributed by atoms with Gasteiger partial charge >= 0.3 is 0 Å². The van der Waals surface area contributed by atoms with Crippen LogP contribution in [-0.4, -0.2) is 60.4 Å². The number of hydrogen-bond donors (Lipinski definition) is 0. The van der Waals surface area contributed by atoms with E-state index in [0.717, 1.165) is 49.6 Å². The number of non-ortho nitro benzene ring substituents is 1. The van der Waals surface area contributed by atoms with E-state index in [1.807, 2.05) is 63.2 Å². The van der Waals surface area contributed by atoms with E-state index in [1.54, 1.807) is 52.8 Å². The molecule has 0 unspecified atom stereocenters. The van der Waals surface area contributed by atoms with Gasteiger partial charge in [0, 0.05) is 37.2 Å². The number of rotatable bonds is 16. The minimum atomic E-state index is -4.27. The van der Waals surface area contributed by atoms with Crippen molar-refractivity contribution in [1.29, 1.82) is 0 Å². The summed E-state index contributed by atoms with van der Waals surface area (Å²) in [5.41, 5.74) is 0.603. The number of hydrogen-bond acceptors (Lipinski definition) is 10. The van der Waals surface area contributed by atoms with Crippen molar-refractivity contribution in [2.75, 3.05) is 20.1 Å². The SMILES string of the molecule is CC(C)(C)CCCN(Cc1ccccc1)S(=O)(=O)c1ccc([N+](=O)[O-])cc1[N+](=O)[O-].CC(C)(C)CCCN(Cc1ccccc1)S(=O)(=O)c1ccccc1.C[N+](=O)[O-]. The summed E-state index contributed by atoms with van der Waals surface area (Å²) < 4.78 is 55.5. The summed E-state index contributed by atoms with van der Waals surface area (Å²) in [4.78, 5) is 28.8. The Kier molecular flexibility index (Phi) is 18.7. The van der Waals surface area contributed by atoms with Crippen molar-refractivity contribution in [3.8, 4) is 0 Å². The number of nitro benzene ring substituents is 2. The highest BCUT2D eigenvalue weighted by Gasteiger charge is 2.33. The van der Waals surface area contributed by atoms with E-state index in [1.165, 1.54) is 4.31 Å². The maximum atomic E-state index is 13.4. The van der Waals surface area contributed by atoms with E-state index < -0.39 is 51.1 Å². The standard InChI is InChI=1S/C20H25N3O6S.C20H27NO2S.CH3NO2/c1-20(2,3)12-7-13-21(15-16-8-5-4-6-9-16)30(28,29)19-11-10-17(22(24)25)14-18(19)23(26)27;1-20(2,3)15-10-16-21(17-18-11-6-4-7-12-18)24(22,23)19-13-8-5-9-14-19;1-2(3)4/h4-6,8-11,14H,7,12-13,15H2,1-3H3;4-9,11-14H,10,15-17H2,1-3H3;1H3. The van der Waals surface area contributed by atoms with Crippen LogP contribution in [-0.2, 0) is 33.1 Å². The lowest BCUT2D eigenvalue weighted by atomic mass is 9.90. The molecule has 4 aromatic carbocycles. The average molecular weight is 842 g/mol. The van der Waals surface area contributed by atoms with Gasteiger partial charge in [-0.15, -0.1) is 0 Å². The molecular weight excluding hydrogens is 787 g/mol. The molecule has 0 saturated carbocycles. The van der Waals surface area contributed by atoms with Crippen LogP contribution in [0.5, 0.6) is 0 Å². The molecule has 316 valence electrons. The zero-order valence-corrected chi connectivity index (χ0v) is 35.8. The van der Waals surface area contributed by atoms with Crippen molar-refractivity contribution in [2.45, 2.75) is 90.1 Å². The van der Waals surface area contributed by atoms with E-state index in [-0.39, 0.29) is 23.9 Å². The summed E-state index contributed by atoms with van der Waals surface area (Å²) in [5.74, 6) is 0. The van der Waals surface area contributed by atoms with Crippen molar-refractivity contribution in [3.05, 3.63) is 151 Å². The molecule has 15 nitrogen and oxygen atoms in total. The number of sulfonamides is 2. The highest BCUT2D eigenvalue weighted by Crippen LogP contribution is 2.32. The second kappa shape index (κ2) is 22.2. The first-order valence-corrected chi connectivity index (χ1v) is 21.5. The Bertz CT molecular complexity index is 2140. The smallest absolute Gasteiger partial charge is 0.265 e. The molecule has 0 saturated heterocycles. The average Bonchev–Trinajstić information content (AvgIpc) is 3.14. The lowest BCUT2D eigenvalue weighted by Crippen LogP contribution is -2.32. The van der Waals surface area contributed by atoms with E-state index in [2.05, 4.69) is 20.8 Å². The predicted molar refractivity (Wildman–Crippen MR) is 225 cm³/mol. The molecular formula is C41H55N5O10S2.